The van der Waals surface area contributed by atoms with Crippen LogP contribution in [0.1, 0.15) is 49.2 Å². The summed E-state index contributed by atoms with van der Waals surface area (Å²) in [5.41, 5.74) is 2.37. The van der Waals surface area contributed by atoms with Gasteiger partial charge < -0.3 is 14.6 Å². The van der Waals surface area contributed by atoms with Gasteiger partial charge in [0.2, 0.25) is 0 Å². The minimum atomic E-state index is -0.510. The number of hydrogen-bond donors (Lipinski definition) is 1. The van der Waals surface area contributed by atoms with E-state index in [4.69, 9.17) is 9.31 Å². The molecule has 0 aliphatic carbocycles. The van der Waals surface area contributed by atoms with E-state index in [2.05, 4.69) is 5.32 Å². The zero-order valence-corrected chi connectivity index (χ0v) is 16.6. The van der Waals surface area contributed by atoms with Crippen LogP contribution >= 0.6 is 0 Å². The summed E-state index contributed by atoms with van der Waals surface area (Å²) in [7, 11) is -0.510. The van der Waals surface area contributed by atoms with E-state index in [9.17, 15) is 9.18 Å². The molecule has 1 aliphatic rings. The first-order chi connectivity index (χ1) is 12.5. The topological polar surface area (TPSA) is 47.6 Å². The van der Waals surface area contributed by atoms with Crippen LogP contribution in [-0.2, 0) is 9.31 Å². The lowest BCUT2D eigenvalue weighted by Crippen LogP contribution is -2.41. The van der Waals surface area contributed by atoms with Gasteiger partial charge in [-0.15, -0.1) is 0 Å². The molecule has 3 rings (SSSR count). The first-order valence-electron chi connectivity index (χ1n) is 9.04. The molecule has 0 aromatic heterocycles. The van der Waals surface area contributed by atoms with Crippen molar-refractivity contribution in [3.63, 3.8) is 0 Å². The van der Waals surface area contributed by atoms with Crippen molar-refractivity contribution in [2.75, 3.05) is 5.32 Å². The quantitative estimate of drug-likeness (QED) is 0.833. The normalized spacial score (nSPS) is 17.8. The Morgan fingerprint density at radius 3 is 2.15 bits per heavy atom. The number of nitrogens with one attached hydrogen (secondary N) is 1. The van der Waals surface area contributed by atoms with E-state index < -0.39 is 24.1 Å². The van der Waals surface area contributed by atoms with Crippen LogP contribution in [-0.4, -0.2) is 24.2 Å². The number of benzene rings is 2. The van der Waals surface area contributed by atoms with Crippen molar-refractivity contribution in [2.24, 2.45) is 0 Å². The zero-order valence-electron chi connectivity index (χ0n) is 16.6. The minimum absolute atomic E-state index is 0.274. The predicted molar refractivity (Wildman–Crippen MR) is 106 cm³/mol. The maximum absolute atomic E-state index is 13.7. The summed E-state index contributed by atoms with van der Waals surface area (Å²) in [6, 6.07) is 10.0. The molecule has 6 heteroatoms. The molecule has 1 N–H and O–H groups in total. The lowest BCUT2D eigenvalue weighted by molar-refractivity contribution is 0.00578. The van der Waals surface area contributed by atoms with Crippen LogP contribution in [0.15, 0.2) is 36.4 Å². The van der Waals surface area contributed by atoms with Gasteiger partial charge in [0.25, 0.3) is 5.91 Å². The molecule has 1 saturated heterocycles. The molecule has 1 fully saturated rings. The van der Waals surface area contributed by atoms with Gasteiger partial charge in [-0.05, 0) is 76.8 Å². The van der Waals surface area contributed by atoms with E-state index in [1.807, 2.05) is 52.8 Å². The van der Waals surface area contributed by atoms with E-state index in [0.717, 1.165) is 11.0 Å². The highest BCUT2D eigenvalue weighted by atomic mass is 19.1. The second-order valence-corrected chi connectivity index (χ2v) is 8.08. The Morgan fingerprint density at radius 1 is 0.963 bits per heavy atom. The van der Waals surface area contributed by atoms with Crippen molar-refractivity contribution < 1.29 is 18.5 Å². The highest BCUT2D eigenvalue weighted by Gasteiger charge is 2.52. The summed E-state index contributed by atoms with van der Waals surface area (Å²) in [5, 5.41) is 2.82. The minimum Gasteiger partial charge on any atom is -0.399 e. The largest absolute Gasteiger partial charge is 0.495 e. The molecule has 27 heavy (non-hydrogen) atoms. The number of carbonyl (C=O) groups is 1. The number of aryl methyl sites for hydroxylation is 2. The molecule has 1 amide bonds. The molecular formula is C21H25BFNO3. The third kappa shape index (κ3) is 3.78. The second-order valence-electron chi connectivity index (χ2n) is 8.08. The van der Waals surface area contributed by atoms with Gasteiger partial charge in [0, 0.05) is 11.3 Å². The number of carbonyl (C=O) groups excluding carboxylic acids is 1. The lowest BCUT2D eigenvalue weighted by atomic mass is 9.76. The van der Waals surface area contributed by atoms with Crippen LogP contribution in [0.5, 0.6) is 0 Å². The van der Waals surface area contributed by atoms with E-state index in [1.165, 1.54) is 6.07 Å². The smallest absolute Gasteiger partial charge is 0.399 e. The monoisotopic (exact) mass is 369 g/mol. The lowest BCUT2D eigenvalue weighted by Gasteiger charge is -2.32. The second kappa shape index (κ2) is 6.77. The first kappa shape index (κ1) is 19.6. The van der Waals surface area contributed by atoms with Crippen LogP contribution in [0.25, 0.3) is 0 Å². The Balaban J connectivity index is 1.83. The van der Waals surface area contributed by atoms with E-state index in [1.54, 1.807) is 19.1 Å². The highest BCUT2D eigenvalue weighted by Crippen LogP contribution is 2.36. The van der Waals surface area contributed by atoms with Crippen molar-refractivity contribution in [1.82, 2.24) is 0 Å². The number of halogens is 1. The molecule has 0 saturated carbocycles. The standard InChI is InChI=1S/C21H25BFNO3/c1-13-8-10-16(24-19(25)15-9-7-14(2)18(23)11-15)12-17(13)22-26-20(3,4)21(5,6)27-22/h7-12H,1-6H3,(H,24,25). The van der Waals surface area contributed by atoms with E-state index >= 15 is 0 Å². The summed E-state index contributed by atoms with van der Waals surface area (Å²) in [4.78, 5) is 12.5. The fourth-order valence-electron chi connectivity index (χ4n) is 2.88. The van der Waals surface area contributed by atoms with Crippen LogP contribution in [0.2, 0.25) is 0 Å². The van der Waals surface area contributed by atoms with Crippen molar-refractivity contribution in [3.8, 4) is 0 Å². The number of amides is 1. The first-order valence-corrected chi connectivity index (χ1v) is 9.04. The van der Waals surface area contributed by atoms with Gasteiger partial charge in [-0.1, -0.05) is 17.7 Å². The molecule has 0 bridgehead atoms. The number of rotatable bonds is 3. The van der Waals surface area contributed by atoms with Gasteiger partial charge in [-0.25, -0.2) is 4.39 Å². The molecule has 1 heterocycles. The van der Waals surface area contributed by atoms with Crippen molar-refractivity contribution in [1.29, 1.82) is 0 Å². The average molecular weight is 369 g/mol. The van der Waals surface area contributed by atoms with E-state index in [-0.39, 0.29) is 11.5 Å². The number of anilines is 1. The van der Waals surface area contributed by atoms with Gasteiger partial charge in [0.05, 0.1) is 11.2 Å². The van der Waals surface area contributed by atoms with Gasteiger partial charge in [-0.2, -0.15) is 0 Å². The Labute approximate surface area is 160 Å². The zero-order chi connectivity index (χ0) is 20.0. The summed E-state index contributed by atoms with van der Waals surface area (Å²) in [6.07, 6.45) is 0. The Kier molecular flexibility index (Phi) is 4.91. The maximum Gasteiger partial charge on any atom is 0.495 e. The molecule has 0 atom stereocenters. The Bertz CT molecular complexity index is 879. The summed E-state index contributed by atoms with van der Waals surface area (Å²) in [5.74, 6) is -0.762. The predicted octanol–water partition coefficient (Wildman–Crippen LogP) is 3.99. The van der Waals surface area contributed by atoms with E-state index in [0.29, 0.717) is 11.3 Å². The molecule has 142 valence electrons. The van der Waals surface area contributed by atoms with Gasteiger partial charge >= 0.3 is 7.12 Å². The third-order valence-corrected chi connectivity index (χ3v) is 5.48. The average Bonchev–Trinajstić information content (AvgIpc) is 2.79. The molecule has 0 radical (unpaired) electrons. The van der Waals surface area contributed by atoms with Crippen molar-refractivity contribution in [3.05, 3.63) is 58.9 Å². The molecular weight excluding hydrogens is 344 g/mol. The number of hydrogen-bond acceptors (Lipinski definition) is 3. The van der Waals surface area contributed by atoms with Crippen LogP contribution in [0.3, 0.4) is 0 Å². The van der Waals surface area contributed by atoms with Crippen molar-refractivity contribution >= 4 is 24.2 Å². The third-order valence-electron chi connectivity index (χ3n) is 5.48. The fraction of sp³-hybridized carbons (Fsp3) is 0.381. The van der Waals surface area contributed by atoms with Crippen molar-refractivity contribution in [2.45, 2.75) is 52.7 Å². The highest BCUT2D eigenvalue weighted by molar-refractivity contribution is 6.62. The molecule has 2 aromatic rings. The van der Waals surface area contributed by atoms with Crippen LogP contribution in [0, 0.1) is 19.7 Å². The van der Waals surface area contributed by atoms with Gasteiger partial charge in [0.15, 0.2) is 0 Å². The summed E-state index contributed by atoms with van der Waals surface area (Å²) < 4.78 is 26.0. The Morgan fingerprint density at radius 2 is 1.56 bits per heavy atom. The van der Waals surface area contributed by atoms with Gasteiger partial charge in [0.1, 0.15) is 5.82 Å². The fourth-order valence-corrected chi connectivity index (χ4v) is 2.88. The molecule has 1 aliphatic heterocycles. The Hall–Kier alpha value is -2.18. The van der Waals surface area contributed by atoms with Crippen LogP contribution in [0.4, 0.5) is 10.1 Å². The summed E-state index contributed by atoms with van der Waals surface area (Å²) in [6.45, 7) is 11.6. The molecule has 4 nitrogen and oxygen atoms in total. The maximum atomic E-state index is 13.7. The molecule has 2 aromatic carbocycles. The molecule has 0 unspecified atom stereocenters. The SMILES string of the molecule is Cc1ccc(C(=O)Nc2ccc(C)c(B3OC(C)(C)C(C)(C)O3)c2)cc1F. The summed E-state index contributed by atoms with van der Waals surface area (Å²) >= 11 is 0. The van der Waals surface area contributed by atoms with Crippen LogP contribution < -0.4 is 10.8 Å². The molecule has 0 spiro atoms. The van der Waals surface area contributed by atoms with Gasteiger partial charge in [-0.3, -0.25) is 4.79 Å².